The van der Waals surface area contributed by atoms with Crippen molar-refractivity contribution in [2.24, 2.45) is 5.73 Å². The average molecular weight is 144 g/mol. The lowest BCUT2D eigenvalue weighted by atomic mass is 10.5. The lowest BCUT2D eigenvalue weighted by molar-refractivity contribution is -0.115. The molecule has 5 heteroatoms. The Labute approximate surface area is 57.5 Å². The van der Waals surface area contributed by atoms with Gasteiger partial charge in [0.2, 0.25) is 0 Å². The number of aliphatic hydroxyl groups is 1. The van der Waals surface area contributed by atoms with E-state index < -0.39 is 11.9 Å². The van der Waals surface area contributed by atoms with E-state index in [-0.39, 0.29) is 6.61 Å². The molecular formula is C5H8N2O3. The second kappa shape index (κ2) is 4.51. The van der Waals surface area contributed by atoms with E-state index in [4.69, 9.17) is 5.11 Å². The summed E-state index contributed by atoms with van der Waals surface area (Å²) in [7, 11) is 0. The Balaban J connectivity index is 3.64. The Morgan fingerprint density at radius 2 is 2.20 bits per heavy atom. The van der Waals surface area contributed by atoms with Crippen LogP contribution in [0.5, 0.6) is 0 Å². The monoisotopic (exact) mass is 144 g/mol. The number of primary amides is 1. The summed E-state index contributed by atoms with van der Waals surface area (Å²) in [5, 5.41) is 9.95. The number of hydrogen-bond acceptors (Lipinski definition) is 3. The Hall–Kier alpha value is -1.36. The Morgan fingerprint density at radius 1 is 1.60 bits per heavy atom. The van der Waals surface area contributed by atoms with Crippen molar-refractivity contribution >= 4 is 11.9 Å². The predicted molar refractivity (Wildman–Crippen MR) is 34.0 cm³/mol. The summed E-state index contributed by atoms with van der Waals surface area (Å²) in [6, 6.07) is -0.910. The minimum absolute atomic E-state index is 0.244. The van der Waals surface area contributed by atoms with Gasteiger partial charge in [0.1, 0.15) is 0 Å². The molecule has 56 valence electrons. The first-order chi connectivity index (χ1) is 4.66. The van der Waals surface area contributed by atoms with E-state index in [0.717, 1.165) is 6.08 Å². The number of urea groups is 1. The molecule has 0 aliphatic rings. The van der Waals surface area contributed by atoms with E-state index in [1.807, 2.05) is 0 Å². The van der Waals surface area contributed by atoms with E-state index >= 15 is 0 Å². The van der Waals surface area contributed by atoms with E-state index in [1.54, 1.807) is 5.32 Å². The van der Waals surface area contributed by atoms with Gasteiger partial charge in [-0.3, -0.25) is 10.1 Å². The van der Waals surface area contributed by atoms with E-state index in [1.165, 1.54) is 6.08 Å². The van der Waals surface area contributed by atoms with Gasteiger partial charge in [0, 0.05) is 6.08 Å². The van der Waals surface area contributed by atoms with Crippen molar-refractivity contribution in [3.8, 4) is 0 Å². The van der Waals surface area contributed by atoms with E-state index in [9.17, 15) is 9.59 Å². The number of nitrogens with two attached hydrogens (primary N) is 1. The fourth-order valence-electron chi connectivity index (χ4n) is 0.323. The van der Waals surface area contributed by atoms with Gasteiger partial charge in [-0.15, -0.1) is 0 Å². The zero-order chi connectivity index (χ0) is 7.98. The predicted octanol–water partition coefficient (Wildman–Crippen LogP) is -1.27. The molecular weight excluding hydrogens is 136 g/mol. The SMILES string of the molecule is NC(=O)NC(=O)C=CCO. The molecule has 0 spiro atoms. The molecule has 0 atom stereocenters. The summed E-state index contributed by atoms with van der Waals surface area (Å²) in [6.45, 7) is -0.244. The summed E-state index contributed by atoms with van der Waals surface area (Å²) < 4.78 is 0. The molecule has 0 bridgehead atoms. The lowest BCUT2D eigenvalue weighted by Crippen LogP contribution is -2.33. The van der Waals surface area contributed by atoms with Crippen molar-refractivity contribution < 1.29 is 14.7 Å². The highest BCUT2D eigenvalue weighted by Crippen LogP contribution is 1.70. The van der Waals surface area contributed by atoms with Crippen LogP contribution in [0.15, 0.2) is 12.2 Å². The van der Waals surface area contributed by atoms with Crippen LogP contribution in [-0.4, -0.2) is 23.7 Å². The topological polar surface area (TPSA) is 92.4 Å². The highest BCUT2D eigenvalue weighted by atomic mass is 16.2. The summed E-state index contributed by atoms with van der Waals surface area (Å²) in [5.41, 5.74) is 4.60. The molecule has 0 saturated carbocycles. The van der Waals surface area contributed by atoms with E-state index in [2.05, 4.69) is 5.73 Å². The molecule has 3 amide bonds. The minimum atomic E-state index is -0.910. The van der Waals surface area contributed by atoms with Crippen LogP contribution in [0.1, 0.15) is 0 Å². The second-order valence-corrected chi connectivity index (χ2v) is 1.44. The van der Waals surface area contributed by atoms with Crippen molar-refractivity contribution in [3.63, 3.8) is 0 Å². The zero-order valence-electron chi connectivity index (χ0n) is 5.20. The van der Waals surface area contributed by atoms with Crippen LogP contribution < -0.4 is 11.1 Å². The highest BCUT2D eigenvalue weighted by molar-refractivity contribution is 5.99. The van der Waals surface area contributed by atoms with Crippen molar-refractivity contribution in [2.45, 2.75) is 0 Å². The third-order valence-corrected chi connectivity index (χ3v) is 0.621. The molecule has 10 heavy (non-hydrogen) atoms. The molecule has 0 aliphatic heterocycles. The largest absolute Gasteiger partial charge is 0.392 e. The molecule has 0 aliphatic carbocycles. The standard InChI is InChI=1S/C5H8N2O3/c6-5(10)7-4(9)2-1-3-8/h1-2,8H,3H2,(H3,6,7,9,10). The number of carbonyl (C=O) groups is 2. The van der Waals surface area contributed by atoms with Crippen LogP contribution >= 0.6 is 0 Å². The molecule has 0 fully saturated rings. The number of imide groups is 1. The second-order valence-electron chi connectivity index (χ2n) is 1.44. The van der Waals surface area contributed by atoms with Gasteiger partial charge in [0.15, 0.2) is 0 Å². The molecule has 0 heterocycles. The molecule has 0 aromatic heterocycles. The number of aliphatic hydroxyl groups excluding tert-OH is 1. The van der Waals surface area contributed by atoms with Gasteiger partial charge in [0.25, 0.3) is 5.91 Å². The van der Waals surface area contributed by atoms with E-state index in [0.29, 0.717) is 0 Å². The molecule has 0 unspecified atom stereocenters. The maximum atomic E-state index is 10.4. The maximum Gasteiger partial charge on any atom is 0.319 e. The fourth-order valence-corrected chi connectivity index (χ4v) is 0.323. The zero-order valence-corrected chi connectivity index (χ0v) is 5.20. The highest BCUT2D eigenvalue weighted by Gasteiger charge is 1.95. The van der Waals surface area contributed by atoms with Crippen LogP contribution in [0, 0.1) is 0 Å². The van der Waals surface area contributed by atoms with Crippen LogP contribution in [0.4, 0.5) is 4.79 Å². The van der Waals surface area contributed by atoms with Gasteiger partial charge in [-0.2, -0.15) is 0 Å². The van der Waals surface area contributed by atoms with Gasteiger partial charge in [0.05, 0.1) is 6.61 Å². The lowest BCUT2D eigenvalue weighted by Gasteiger charge is -1.91. The van der Waals surface area contributed by atoms with Crippen molar-refractivity contribution in [3.05, 3.63) is 12.2 Å². The number of carbonyl (C=O) groups excluding carboxylic acids is 2. The smallest absolute Gasteiger partial charge is 0.319 e. The maximum absolute atomic E-state index is 10.4. The quantitative estimate of drug-likeness (QED) is 0.422. The Kier molecular flexibility index (Phi) is 3.90. The third-order valence-electron chi connectivity index (χ3n) is 0.621. The fraction of sp³-hybridized carbons (Fsp3) is 0.200. The molecule has 0 saturated heterocycles. The summed E-state index contributed by atoms with van der Waals surface area (Å²) in [4.78, 5) is 20.4. The Morgan fingerprint density at radius 3 is 2.60 bits per heavy atom. The first-order valence-electron chi connectivity index (χ1n) is 2.54. The van der Waals surface area contributed by atoms with Crippen molar-refractivity contribution in [1.29, 1.82) is 0 Å². The normalized spacial score (nSPS) is 9.70. The van der Waals surface area contributed by atoms with Gasteiger partial charge in [-0.1, -0.05) is 6.08 Å². The molecule has 0 radical (unpaired) electrons. The van der Waals surface area contributed by atoms with Crippen molar-refractivity contribution in [2.75, 3.05) is 6.61 Å². The van der Waals surface area contributed by atoms with Gasteiger partial charge in [-0.05, 0) is 0 Å². The third kappa shape index (κ3) is 4.79. The summed E-state index contributed by atoms with van der Waals surface area (Å²) in [5.74, 6) is -0.637. The number of nitrogens with one attached hydrogen (secondary N) is 1. The first kappa shape index (κ1) is 8.64. The molecule has 0 aromatic rings. The molecule has 4 N–H and O–H groups in total. The Bertz CT molecular complexity index is 164. The van der Waals surface area contributed by atoms with Crippen LogP contribution in [0.3, 0.4) is 0 Å². The average Bonchev–Trinajstić information content (AvgIpc) is 1.82. The van der Waals surface area contributed by atoms with Crippen LogP contribution in [0.2, 0.25) is 0 Å². The molecule has 0 aromatic carbocycles. The molecule has 5 nitrogen and oxygen atoms in total. The van der Waals surface area contributed by atoms with Crippen LogP contribution in [0.25, 0.3) is 0 Å². The van der Waals surface area contributed by atoms with Gasteiger partial charge >= 0.3 is 6.03 Å². The van der Waals surface area contributed by atoms with Gasteiger partial charge in [-0.25, -0.2) is 4.79 Å². The van der Waals surface area contributed by atoms with Crippen LogP contribution in [-0.2, 0) is 4.79 Å². The minimum Gasteiger partial charge on any atom is -0.392 e. The van der Waals surface area contributed by atoms with Crippen molar-refractivity contribution in [1.82, 2.24) is 5.32 Å². The molecule has 0 rings (SSSR count). The number of hydrogen-bond donors (Lipinski definition) is 3. The summed E-state index contributed by atoms with van der Waals surface area (Å²) >= 11 is 0. The van der Waals surface area contributed by atoms with Gasteiger partial charge < -0.3 is 10.8 Å². The number of amides is 3. The summed E-state index contributed by atoms with van der Waals surface area (Å²) in [6.07, 6.45) is 2.21. The number of rotatable bonds is 2. The first-order valence-corrected chi connectivity index (χ1v) is 2.54.